The molecule has 2 N–H and O–H groups in total. The lowest BCUT2D eigenvalue weighted by Crippen LogP contribution is -2.61. The standard InChI is InChI=1S/C40H59N3O21S3/c1-20(44)55-15-28-33(57-22(3)46)35(59-24(5)48)37(61-26(7)50)39(63-28)66-18-30(52)41-11-9-13-43(32(54)17-65)14-10-12-42-31(53)19-67-40-38(62-27(8)51)36(60-25(6)49)34(58-23(4)47)29(64-40)16-56-21(2)45/h28-29,33-40,65H,9-19H2,1-8H3,(H,41,52)(H,42,53)/t28-,29-,33-,34-,35+,36+,37-,38-,39+,40+/m1/s1. The molecule has 2 rings (SSSR count). The monoisotopic (exact) mass is 1010 g/mol. The molecule has 2 fully saturated rings. The number of hydrogen-bond donors (Lipinski definition) is 3. The van der Waals surface area contributed by atoms with Crippen molar-refractivity contribution in [3.8, 4) is 0 Å². The fraction of sp³-hybridized carbons (Fsp3) is 0.725. The Morgan fingerprint density at radius 2 is 0.791 bits per heavy atom. The van der Waals surface area contributed by atoms with Crippen molar-refractivity contribution in [3.63, 3.8) is 0 Å². The number of hydrogen-bond acceptors (Lipinski definition) is 24. The second kappa shape index (κ2) is 29.8. The molecule has 2 aliphatic heterocycles. The van der Waals surface area contributed by atoms with E-state index < -0.39 is 132 Å². The van der Waals surface area contributed by atoms with Gasteiger partial charge >= 0.3 is 47.8 Å². The van der Waals surface area contributed by atoms with Gasteiger partial charge in [0.1, 0.15) is 36.3 Å². The molecule has 0 radical (unpaired) electrons. The van der Waals surface area contributed by atoms with E-state index in [9.17, 15) is 52.7 Å². The average Bonchev–Trinajstić information content (AvgIpc) is 3.22. The second-order valence-corrected chi connectivity index (χ2v) is 17.2. The first-order valence-electron chi connectivity index (χ1n) is 20.8. The van der Waals surface area contributed by atoms with Crippen LogP contribution in [0.1, 0.15) is 68.2 Å². The van der Waals surface area contributed by atoms with E-state index in [4.69, 9.17) is 47.4 Å². The summed E-state index contributed by atoms with van der Waals surface area (Å²) in [5.74, 6) is -7.97. The molecule has 27 heteroatoms. The molecule has 0 aromatic carbocycles. The molecule has 0 saturated carbocycles. The Labute approximate surface area is 400 Å². The predicted octanol–water partition coefficient (Wildman–Crippen LogP) is -0.610. The van der Waals surface area contributed by atoms with Crippen LogP contribution >= 0.6 is 36.2 Å². The van der Waals surface area contributed by atoms with Crippen molar-refractivity contribution >= 4 is 102 Å². The number of nitrogens with one attached hydrogen (secondary N) is 2. The van der Waals surface area contributed by atoms with Crippen LogP contribution in [0, 0.1) is 0 Å². The lowest BCUT2D eigenvalue weighted by atomic mass is 9.99. The van der Waals surface area contributed by atoms with Crippen LogP contribution in [-0.4, -0.2) is 187 Å². The van der Waals surface area contributed by atoms with Crippen molar-refractivity contribution in [2.75, 3.05) is 56.7 Å². The van der Waals surface area contributed by atoms with Gasteiger partial charge in [-0.05, 0) is 12.8 Å². The number of thiol groups is 1. The van der Waals surface area contributed by atoms with Gasteiger partial charge < -0.3 is 62.9 Å². The van der Waals surface area contributed by atoms with Crippen molar-refractivity contribution in [1.29, 1.82) is 0 Å². The average molecular weight is 1010 g/mol. The minimum atomic E-state index is -1.39. The Bertz CT molecular complexity index is 1660. The molecule has 0 spiro atoms. The summed E-state index contributed by atoms with van der Waals surface area (Å²) in [4.78, 5) is 136. The number of carbonyl (C=O) groups excluding carboxylic acids is 11. The first kappa shape index (κ1) is 58.3. The third-order valence-corrected chi connectivity index (χ3v) is 11.5. The summed E-state index contributed by atoms with van der Waals surface area (Å²) >= 11 is 5.86. The van der Waals surface area contributed by atoms with Gasteiger partial charge in [0.2, 0.25) is 17.7 Å². The van der Waals surface area contributed by atoms with Crippen molar-refractivity contribution in [2.45, 2.75) is 128 Å². The van der Waals surface area contributed by atoms with Gasteiger partial charge in [0.15, 0.2) is 36.6 Å². The largest absolute Gasteiger partial charge is 0.463 e. The molecular weight excluding hydrogens is 955 g/mol. The van der Waals surface area contributed by atoms with Gasteiger partial charge in [0.05, 0.1) is 17.3 Å². The minimum Gasteiger partial charge on any atom is -0.463 e. The fourth-order valence-electron chi connectivity index (χ4n) is 6.52. The summed E-state index contributed by atoms with van der Waals surface area (Å²) in [5.41, 5.74) is -2.31. The first-order valence-corrected chi connectivity index (χ1v) is 23.5. The number of esters is 8. The number of ether oxygens (including phenoxy) is 10. The molecular formula is C40H59N3O21S3. The summed E-state index contributed by atoms with van der Waals surface area (Å²) < 4.78 is 54.5. The van der Waals surface area contributed by atoms with Crippen LogP contribution in [0.15, 0.2) is 0 Å². The molecule has 2 saturated heterocycles. The maximum atomic E-state index is 13.0. The van der Waals surface area contributed by atoms with Gasteiger partial charge in [0.25, 0.3) is 0 Å². The molecule has 2 heterocycles. The van der Waals surface area contributed by atoms with Gasteiger partial charge in [-0.1, -0.05) is 0 Å². The molecule has 67 heavy (non-hydrogen) atoms. The van der Waals surface area contributed by atoms with E-state index in [1.165, 1.54) is 4.90 Å². The van der Waals surface area contributed by atoms with Crippen LogP contribution in [-0.2, 0) is 100 Å². The molecule has 0 unspecified atom stereocenters. The molecule has 0 aromatic rings. The highest BCUT2D eigenvalue weighted by Gasteiger charge is 2.54. The minimum absolute atomic E-state index is 0.113. The summed E-state index contributed by atoms with van der Waals surface area (Å²) in [6, 6.07) is 0. The molecule has 10 atom stereocenters. The van der Waals surface area contributed by atoms with E-state index in [0.717, 1.165) is 78.9 Å². The van der Waals surface area contributed by atoms with Crippen LogP contribution in [0.25, 0.3) is 0 Å². The zero-order chi connectivity index (χ0) is 50.4. The lowest BCUT2D eigenvalue weighted by molar-refractivity contribution is -0.237. The van der Waals surface area contributed by atoms with Gasteiger partial charge in [-0.3, -0.25) is 52.7 Å². The van der Waals surface area contributed by atoms with Gasteiger partial charge in [-0.15, -0.1) is 23.5 Å². The van der Waals surface area contributed by atoms with Crippen LogP contribution < -0.4 is 10.6 Å². The maximum Gasteiger partial charge on any atom is 0.303 e. The maximum absolute atomic E-state index is 13.0. The topological polar surface area (TPSA) is 307 Å². The number of amides is 3. The number of carbonyl (C=O) groups is 11. The number of nitrogens with zero attached hydrogens (tertiary/aromatic N) is 1. The number of thioether (sulfide) groups is 2. The third-order valence-electron chi connectivity index (χ3n) is 9.00. The molecule has 3 amide bonds. The normalized spacial score (nSPS) is 24.3. The highest BCUT2D eigenvalue weighted by atomic mass is 32.2. The van der Waals surface area contributed by atoms with Crippen molar-refractivity contribution in [3.05, 3.63) is 0 Å². The van der Waals surface area contributed by atoms with Gasteiger partial charge in [-0.25, -0.2) is 0 Å². The Morgan fingerprint density at radius 3 is 1.09 bits per heavy atom. The lowest BCUT2D eigenvalue weighted by Gasteiger charge is -2.44. The summed E-state index contributed by atoms with van der Waals surface area (Å²) in [5, 5.41) is 5.45. The molecule has 0 aromatic heterocycles. The second-order valence-electron chi connectivity index (χ2n) is 14.7. The van der Waals surface area contributed by atoms with E-state index in [0.29, 0.717) is 12.8 Å². The van der Waals surface area contributed by atoms with Crippen LogP contribution in [0.2, 0.25) is 0 Å². The van der Waals surface area contributed by atoms with Gasteiger partial charge in [-0.2, -0.15) is 12.6 Å². The van der Waals surface area contributed by atoms with E-state index in [2.05, 4.69) is 23.3 Å². The fourth-order valence-corrected chi connectivity index (χ4v) is 8.80. The van der Waals surface area contributed by atoms with Crippen molar-refractivity contribution < 1.29 is 100 Å². The molecule has 0 aliphatic carbocycles. The third kappa shape index (κ3) is 21.8. The predicted molar refractivity (Wildman–Crippen MR) is 235 cm³/mol. The smallest absolute Gasteiger partial charge is 0.303 e. The van der Waals surface area contributed by atoms with E-state index in [1.54, 1.807) is 0 Å². The summed E-state index contributed by atoms with van der Waals surface area (Å²) in [6.07, 6.45) is -9.87. The quantitative estimate of drug-likeness (QED) is 0.0445. The van der Waals surface area contributed by atoms with E-state index in [-0.39, 0.29) is 49.3 Å². The highest BCUT2D eigenvalue weighted by Crippen LogP contribution is 2.36. The Kier molecular flexibility index (Phi) is 25.9. The van der Waals surface area contributed by atoms with E-state index >= 15 is 0 Å². The zero-order valence-corrected chi connectivity index (χ0v) is 40.9. The van der Waals surface area contributed by atoms with Crippen LogP contribution in [0.5, 0.6) is 0 Å². The van der Waals surface area contributed by atoms with Crippen LogP contribution in [0.4, 0.5) is 0 Å². The summed E-state index contributed by atoms with van der Waals surface area (Å²) in [6.45, 7) is 8.69. The highest BCUT2D eigenvalue weighted by molar-refractivity contribution is 8.00. The Hall–Kier alpha value is -4.86. The first-order chi connectivity index (χ1) is 31.5. The van der Waals surface area contributed by atoms with Crippen molar-refractivity contribution in [2.24, 2.45) is 0 Å². The molecule has 378 valence electrons. The van der Waals surface area contributed by atoms with Gasteiger partial charge in [0, 0.05) is 81.6 Å². The Balaban J connectivity index is 1.98. The number of rotatable bonds is 25. The zero-order valence-electron chi connectivity index (χ0n) is 38.3. The van der Waals surface area contributed by atoms with Crippen LogP contribution in [0.3, 0.4) is 0 Å². The molecule has 0 bridgehead atoms. The summed E-state index contributed by atoms with van der Waals surface area (Å²) in [7, 11) is 0. The molecule has 2 aliphatic rings. The SMILES string of the molecule is CC(=O)OC[C@H]1O[C@@H](SCC(=O)NCCCN(CCCNC(=O)CS[C@@H]2O[C@H](COC(C)=O)[C@@H](OC(C)=O)[C@H](OC(C)=O)[C@H]2OC(C)=O)C(=O)CS)[C@H](OC(C)=O)[C@@H](OC(C)=O)[C@@H]1OC(C)=O. The molecule has 24 nitrogen and oxygen atoms in total. The van der Waals surface area contributed by atoms with Crippen molar-refractivity contribution in [1.82, 2.24) is 15.5 Å². The van der Waals surface area contributed by atoms with E-state index in [1.807, 2.05) is 0 Å². The Morgan fingerprint density at radius 1 is 0.478 bits per heavy atom.